The molecule has 0 aliphatic rings. The third-order valence-corrected chi connectivity index (χ3v) is 1.10. The van der Waals surface area contributed by atoms with Crippen molar-refractivity contribution in [2.75, 3.05) is 13.1 Å². The summed E-state index contributed by atoms with van der Waals surface area (Å²) in [5.74, 6) is -0.135. The summed E-state index contributed by atoms with van der Waals surface area (Å²) in [6, 6.07) is 0. The van der Waals surface area contributed by atoms with Crippen LogP contribution in [0.5, 0.6) is 0 Å². The summed E-state index contributed by atoms with van der Waals surface area (Å²) in [5, 5.41) is 2.66. The molecular formula is C7H14N2O. The average molecular weight is 142 g/mol. The van der Waals surface area contributed by atoms with Crippen LogP contribution in [0.25, 0.3) is 0 Å². The van der Waals surface area contributed by atoms with Gasteiger partial charge < -0.3 is 11.1 Å². The molecule has 0 aromatic heterocycles. The third kappa shape index (κ3) is 3.25. The smallest absolute Gasteiger partial charge is 0.247 e. The second kappa shape index (κ2) is 4.99. The molecular weight excluding hydrogens is 128 g/mol. The van der Waals surface area contributed by atoms with Gasteiger partial charge >= 0.3 is 0 Å². The highest BCUT2D eigenvalue weighted by Crippen LogP contribution is 1.84. The maximum Gasteiger partial charge on any atom is 0.247 e. The fourth-order valence-electron chi connectivity index (χ4n) is 0.456. The normalized spacial score (nSPS) is 9.00. The summed E-state index contributed by atoms with van der Waals surface area (Å²) in [6.07, 6.45) is 0.934. The van der Waals surface area contributed by atoms with E-state index in [0.29, 0.717) is 12.1 Å². The highest BCUT2D eigenvalue weighted by molar-refractivity contribution is 5.93. The number of hydrogen-bond donors (Lipinski definition) is 2. The Kier molecular flexibility index (Phi) is 4.58. The number of rotatable bonds is 4. The van der Waals surface area contributed by atoms with Gasteiger partial charge in [-0.15, -0.1) is 0 Å². The van der Waals surface area contributed by atoms with E-state index in [9.17, 15) is 4.79 Å². The number of nitrogens with one attached hydrogen (secondary N) is 1. The van der Waals surface area contributed by atoms with E-state index < -0.39 is 0 Å². The minimum Gasteiger partial charge on any atom is -0.352 e. The fraction of sp³-hybridized carbons (Fsp3) is 0.571. The van der Waals surface area contributed by atoms with Crippen LogP contribution in [0.2, 0.25) is 0 Å². The maximum atomic E-state index is 10.8. The molecule has 3 nitrogen and oxygen atoms in total. The molecule has 0 radical (unpaired) electrons. The first kappa shape index (κ1) is 9.17. The topological polar surface area (TPSA) is 55.1 Å². The van der Waals surface area contributed by atoms with E-state index in [0.717, 1.165) is 6.42 Å². The lowest BCUT2D eigenvalue weighted by molar-refractivity contribution is -0.117. The van der Waals surface area contributed by atoms with Crippen molar-refractivity contribution in [3.63, 3.8) is 0 Å². The maximum absolute atomic E-state index is 10.8. The van der Waals surface area contributed by atoms with Crippen LogP contribution in [0.1, 0.15) is 13.3 Å². The standard InChI is InChI=1S/C7H14N2O/c1-3-4-9-7(10)6(2)5-8/h2-5,8H2,1H3,(H,9,10). The third-order valence-electron chi connectivity index (χ3n) is 1.10. The van der Waals surface area contributed by atoms with Gasteiger partial charge in [-0.1, -0.05) is 13.5 Å². The van der Waals surface area contributed by atoms with Gasteiger partial charge in [0.25, 0.3) is 0 Å². The van der Waals surface area contributed by atoms with Crippen molar-refractivity contribution in [1.29, 1.82) is 0 Å². The van der Waals surface area contributed by atoms with E-state index in [2.05, 4.69) is 11.9 Å². The Labute approximate surface area is 61.3 Å². The lowest BCUT2D eigenvalue weighted by Gasteiger charge is -2.02. The molecule has 3 heteroatoms. The second-order valence-corrected chi connectivity index (χ2v) is 2.06. The van der Waals surface area contributed by atoms with Gasteiger partial charge in [0.2, 0.25) is 5.91 Å². The molecule has 10 heavy (non-hydrogen) atoms. The van der Waals surface area contributed by atoms with Gasteiger partial charge in [0.15, 0.2) is 0 Å². The molecule has 0 aromatic carbocycles. The zero-order valence-electron chi connectivity index (χ0n) is 6.31. The van der Waals surface area contributed by atoms with Crippen LogP contribution in [0, 0.1) is 0 Å². The second-order valence-electron chi connectivity index (χ2n) is 2.06. The number of hydrogen-bond acceptors (Lipinski definition) is 2. The van der Waals surface area contributed by atoms with Crippen LogP contribution in [-0.4, -0.2) is 19.0 Å². The summed E-state index contributed by atoms with van der Waals surface area (Å²) in [4.78, 5) is 10.8. The first-order valence-electron chi connectivity index (χ1n) is 3.38. The Morgan fingerprint density at radius 1 is 1.70 bits per heavy atom. The Morgan fingerprint density at radius 3 is 2.70 bits per heavy atom. The van der Waals surface area contributed by atoms with Crippen molar-refractivity contribution in [2.24, 2.45) is 5.73 Å². The molecule has 0 aliphatic carbocycles. The van der Waals surface area contributed by atoms with Gasteiger partial charge in [0.1, 0.15) is 0 Å². The first-order chi connectivity index (χ1) is 4.72. The number of nitrogens with two attached hydrogens (primary N) is 1. The zero-order chi connectivity index (χ0) is 7.98. The van der Waals surface area contributed by atoms with E-state index in [4.69, 9.17) is 5.73 Å². The summed E-state index contributed by atoms with van der Waals surface area (Å²) < 4.78 is 0. The van der Waals surface area contributed by atoms with Crippen LogP contribution >= 0.6 is 0 Å². The minimum atomic E-state index is -0.135. The predicted molar refractivity (Wildman–Crippen MR) is 41.5 cm³/mol. The van der Waals surface area contributed by atoms with Crippen molar-refractivity contribution >= 4 is 5.91 Å². The zero-order valence-corrected chi connectivity index (χ0v) is 6.31. The molecule has 1 amide bonds. The molecule has 0 rings (SSSR count). The SMILES string of the molecule is C=C(CN)C(=O)NCCC. The molecule has 0 heterocycles. The quantitative estimate of drug-likeness (QED) is 0.544. The van der Waals surface area contributed by atoms with Crippen molar-refractivity contribution in [3.05, 3.63) is 12.2 Å². The van der Waals surface area contributed by atoms with Gasteiger partial charge in [-0.25, -0.2) is 0 Å². The van der Waals surface area contributed by atoms with Crippen LogP contribution in [0.15, 0.2) is 12.2 Å². The molecule has 3 N–H and O–H groups in total. The largest absolute Gasteiger partial charge is 0.352 e. The molecule has 0 aliphatic heterocycles. The predicted octanol–water partition coefficient (Wildman–Crippen LogP) is 0.0275. The highest BCUT2D eigenvalue weighted by Gasteiger charge is 2.01. The Bertz CT molecular complexity index is 132. The lowest BCUT2D eigenvalue weighted by Crippen LogP contribution is -2.28. The van der Waals surface area contributed by atoms with E-state index in [1.54, 1.807) is 0 Å². The van der Waals surface area contributed by atoms with Crippen molar-refractivity contribution in [3.8, 4) is 0 Å². The van der Waals surface area contributed by atoms with Crippen molar-refractivity contribution < 1.29 is 4.79 Å². The van der Waals surface area contributed by atoms with Crippen LogP contribution in [0.3, 0.4) is 0 Å². The van der Waals surface area contributed by atoms with Gasteiger partial charge in [0.05, 0.1) is 0 Å². The molecule has 0 saturated carbocycles. The number of carbonyl (C=O) groups excluding carboxylic acids is 1. The molecule has 0 spiro atoms. The lowest BCUT2D eigenvalue weighted by atomic mass is 10.3. The molecule has 0 bridgehead atoms. The monoisotopic (exact) mass is 142 g/mol. The van der Waals surface area contributed by atoms with Gasteiger partial charge in [-0.3, -0.25) is 4.79 Å². The molecule has 0 unspecified atom stereocenters. The van der Waals surface area contributed by atoms with Gasteiger partial charge in [0, 0.05) is 18.7 Å². The number of carbonyl (C=O) groups is 1. The highest BCUT2D eigenvalue weighted by atomic mass is 16.1. The van der Waals surface area contributed by atoms with Crippen LogP contribution < -0.4 is 11.1 Å². The first-order valence-corrected chi connectivity index (χ1v) is 3.38. The van der Waals surface area contributed by atoms with E-state index in [1.165, 1.54) is 0 Å². The summed E-state index contributed by atoms with van der Waals surface area (Å²) in [6.45, 7) is 6.40. The van der Waals surface area contributed by atoms with Crippen molar-refractivity contribution in [1.82, 2.24) is 5.32 Å². The number of amides is 1. The van der Waals surface area contributed by atoms with Gasteiger partial charge in [-0.05, 0) is 6.42 Å². The summed E-state index contributed by atoms with van der Waals surface area (Å²) in [5.41, 5.74) is 5.62. The Morgan fingerprint density at radius 2 is 2.30 bits per heavy atom. The van der Waals surface area contributed by atoms with Gasteiger partial charge in [-0.2, -0.15) is 0 Å². The van der Waals surface area contributed by atoms with E-state index >= 15 is 0 Å². The molecule has 0 aromatic rings. The van der Waals surface area contributed by atoms with Crippen molar-refractivity contribution in [2.45, 2.75) is 13.3 Å². The Balaban J connectivity index is 3.52. The molecule has 58 valence electrons. The van der Waals surface area contributed by atoms with E-state index in [-0.39, 0.29) is 12.5 Å². The summed E-state index contributed by atoms with van der Waals surface area (Å²) >= 11 is 0. The van der Waals surface area contributed by atoms with Crippen LogP contribution in [-0.2, 0) is 4.79 Å². The minimum absolute atomic E-state index is 0.135. The Hall–Kier alpha value is -0.830. The molecule has 0 saturated heterocycles. The fourth-order valence-corrected chi connectivity index (χ4v) is 0.456. The van der Waals surface area contributed by atoms with Crippen LogP contribution in [0.4, 0.5) is 0 Å². The molecule has 0 fully saturated rings. The molecule has 0 atom stereocenters. The summed E-state index contributed by atoms with van der Waals surface area (Å²) in [7, 11) is 0. The van der Waals surface area contributed by atoms with E-state index in [1.807, 2.05) is 6.92 Å². The average Bonchev–Trinajstić information content (AvgIpc) is 1.98.